The normalized spacial score (nSPS) is 10.3. The molecule has 0 radical (unpaired) electrons. The molecule has 0 fully saturated rings. The third-order valence-corrected chi connectivity index (χ3v) is 3.26. The van der Waals surface area contributed by atoms with E-state index in [2.05, 4.69) is 15.3 Å². The van der Waals surface area contributed by atoms with Gasteiger partial charge in [0.2, 0.25) is 5.91 Å². The maximum absolute atomic E-state index is 11.9. The van der Waals surface area contributed by atoms with Crippen molar-refractivity contribution in [3.8, 4) is 11.3 Å². The van der Waals surface area contributed by atoms with E-state index in [1.807, 2.05) is 37.3 Å². The molecule has 0 aliphatic carbocycles. The number of hydrogen-bond acceptors (Lipinski definition) is 4. The number of nitrogens with zero attached hydrogens (tertiary/aromatic N) is 2. The first-order valence-corrected chi connectivity index (χ1v) is 7.46. The van der Waals surface area contributed by atoms with Gasteiger partial charge in [0.15, 0.2) is 0 Å². The first kappa shape index (κ1) is 16.6. The zero-order chi connectivity index (χ0) is 16.7. The number of aromatic nitrogens is 2. The molecule has 0 saturated heterocycles. The molecule has 0 aliphatic rings. The van der Waals surface area contributed by atoms with E-state index in [9.17, 15) is 9.59 Å². The highest BCUT2D eigenvalue weighted by Gasteiger charge is 2.06. The standard InChI is InChI=1S/C17H19N3O3/c1-12-18-10-9-15(19-12)13-5-4-6-14(11-13)20-16(21)7-2-3-8-17(22)23/h4-6,9-11H,2-3,7-8H2,1H3,(H,20,21)(H,22,23). The van der Waals surface area contributed by atoms with E-state index in [4.69, 9.17) is 5.11 Å². The van der Waals surface area contributed by atoms with Crippen molar-refractivity contribution < 1.29 is 14.7 Å². The number of nitrogens with one attached hydrogen (secondary N) is 1. The van der Waals surface area contributed by atoms with Crippen LogP contribution in [-0.4, -0.2) is 27.0 Å². The van der Waals surface area contributed by atoms with Gasteiger partial charge < -0.3 is 10.4 Å². The Morgan fingerprint density at radius 2 is 1.96 bits per heavy atom. The SMILES string of the molecule is Cc1nccc(-c2cccc(NC(=O)CCCCC(=O)O)c2)n1. The number of carboxylic acid groups (broad SMARTS) is 1. The number of rotatable bonds is 7. The third kappa shape index (κ3) is 5.50. The second-order valence-electron chi connectivity index (χ2n) is 5.22. The summed E-state index contributed by atoms with van der Waals surface area (Å²) in [5, 5.41) is 11.4. The van der Waals surface area contributed by atoms with Gasteiger partial charge in [0.1, 0.15) is 5.82 Å². The van der Waals surface area contributed by atoms with Gasteiger partial charge in [-0.2, -0.15) is 0 Å². The van der Waals surface area contributed by atoms with E-state index < -0.39 is 5.97 Å². The van der Waals surface area contributed by atoms with Crippen LogP contribution in [0.1, 0.15) is 31.5 Å². The number of hydrogen-bond donors (Lipinski definition) is 2. The second-order valence-corrected chi connectivity index (χ2v) is 5.22. The van der Waals surface area contributed by atoms with Crippen LogP contribution in [0.2, 0.25) is 0 Å². The monoisotopic (exact) mass is 313 g/mol. The summed E-state index contributed by atoms with van der Waals surface area (Å²) >= 11 is 0. The highest BCUT2D eigenvalue weighted by Crippen LogP contribution is 2.20. The Morgan fingerprint density at radius 3 is 2.70 bits per heavy atom. The van der Waals surface area contributed by atoms with E-state index in [1.54, 1.807) is 6.20 Å². The number of aliphatic carboxylic acids is 1. The lowest BCUT2D eigenvalue weighted by molar-refractivity contribution is -0.137. The van der Waals surface area contributed by atoms with Crippen LogP contribution in [0.5, 0.6) is 0 Å². The fourth-order valence-electron chi connectivity index (χ4n) is 2.16. The number of benzene rings is 1. The number of carboxylic acids is 1. The highest BCUT2D eigenvalue weighted by atomic mass is 16.4. The van der Waals surface area contributed by atoms with Gasteiger partial charge in [-0.3, -0.25) is 9.59 Å². The van der Waals surface area contributed by atoms with Gasteiger partial charge >= 0.3 is 5.97 Å². The molecule has 120 valence electrons. The lowest BCUT2D eigenvalue weighted by Crippen LogP contribution is -2.11. The Kier molecular flexibility index (Phi) is 5.80. The van der Waals surface area contributed by atoms with Crippen molar-refractivity contribution in [3.05, 3.63) is 42.4 Å². The highest BCUT2D eigenvalue weighted by molar-refractivity contribution is 5.91. The first-order chi connectivity index (χ1) is 11.0. The third-order valence-electron chi connectivity index (χ3n) is 3.26. The molecule has 1 aromatic heterocycles. The number of aryl methyl sites for hydroxylation is 1. The van der Waals surface area contributed by atoms with E-state index in [1.165, 1.54) is 0 Å². The Labute approximate surface area is 134 Å². The number of carbonyl (C=O) groups is 2. The molecule has 23 heavy (non-hydrogen) atoms. The zero-order valence-electron chi connectivity index (χ0n) is 13.0. The van der Waals surface area contributed by atoms with Crippen molar-refractivity contribution in [1.82, 2.24) is 9.97 Å². The van der Waals surface area contributed by atoms with Gasteiger partial charge in [-0.05, 0) is 38.0 Å². The number of anilines is 1. The minimum atomic E-state index is -0.835. The summed E-state index contributed by atoms with van der Waals surface area (Å²) in [6.45, 7) is 1.83. The van der Waals surface area contributed by atoms with Crippen molar-refractivity contribution in [2.45, 2.75) is 32.6 Å². The van der Waals surface area contributed by atoms with Crippen LogP contribution >= 0.6 is 0 Å². The molecule has 0 saturated carbocycles. The molecule has 1 aromatic carbocycles. The lowest BCUT2D eigenvalue weighted by Gasteiger charge is -2.07. The van der Waals surface area contributed by atoms with Gasteiger partial charge in [0, 0.05) is 30.3 Å². The van der Waals surface area contributed by atoms with Crippen LogP contribution in [0.15, 0.2) is 36.5 Å². The van der Waals surface area contributed by atoms with Gasteiger partial charge in [-0.15, -0.1) is 0 Å². The summed E-state index contributed by atoms with van der Waals surface area (Å²) < 4.78 is 0. The molecule has 2 rings (SSSR count). The van der Waals surface area contributed by atoms with Crippen molar-refractivity contribution in [2.75, 3.05) is 5.32 Å². The molecule has 2 N–H and O–H groups in total. The fraction of sp³-hybridized carbons (Fsp3) is 0.294. The number of amides is 1. The van der Waals surface area contributed by atoms with Crippen LogP contribution < -0.4 is 5.32 Å². The van der Waals surface area contributed by atoms with E-state index in [0.717, 1.165) is 11.3 Å². The predicted molar refractivity (Wildman–Crippen MR) is 86.9 cm³/mol. The second kappa shape index (κ2) is 8.03. The molecule has 1 heterocycles. The van der Waals surface area contributed by atoms with Crippen LogP contribution in [0.4, 0.5) is 5.69 Å². The molecule has 0 atom stereocenters. The Balaban J connectivity index is 1.95. The summed E-state index contributed by atoms with van der Waals surface area (Å²) in [6.07, 6.45) is 3.16. The van der Waals surface area contributed by atoms with E-state index in [-0.39, 0.29) is 12.3 Å². The summed E-state index contributed by atoms with van der Waals surface area (Å²) in [7, 11) is 0. The van der Waals surface area contributed by atoms with Crippen LogP contribution in [0.25, 0.3) is 11.3 Å². The minimum absolute atomic E-state index is 0.0931. The van der Waals surface area contributed by atoms with Crippen LogP contribution in [0, 0.1) is 6.92 Å². The molecule has 0 aliphatic heterocycles. The van der Waals surface area contributed by atoms with E-state index >= 15 is 0 Å². The van der Waals surface area contributed by atoms with Crippen LogP contribution in [0.3, 0.4) is 0 Å². The van der Waals surface area contributed by atoms with Crippen molar-refractivity contribution in [2.24, 2.45) is 0 Å². The molecule has 0 spiro atoms. The molecule has 0 bridgehead atoms. The average molecular weight is 313 g/mol. The van der Waals surface area contributed by atoms with Gasteiger partial charge in [0.05, 0.1) is 5.69 Å². The Morgan fingerprint density at radius 1 is 1.17 bits per heavy atom. The van der Waals surface area contributed by atoms with Gasteiger partial charge in [-0.1, -0.05) is 12.1 Å². The zero-order valence-corrected chi connectivity index (χ0v) is 13.0. The van der Waals surface area contributed by atoms with Crippen molar-refractivity contribution in [3.63, 3.8) is 0 Å². The molecule has 6 nitrogen and oxygen atoms in total. The summed E-state index contributed by atoms with van der Waals surface area (Å²) in [5.74, 6) is -0.264. The molecule has 0 unspecified atom stereocenters. The smallest absolute Gasteiger partial charge is 0.303 e. The van der Waals surface area contributed by atoms with Gasteiger partial charge in [-0.25, -0.2) is 9.97 Å². The number of unbranched alkanes of at least 4 members (excludes halogenated alkanes) is 1. The maximum Gasteiger partial charge on any atom is 0.303 e. The Bertz CT molecular complexity index is 701. The van der Waals surface area contributed by atoms with Crippen molar-refractivity contribution >= 4 is 17.6 Å². The number of carbonyl (C=O) groups excluding carboxylic acids is 1. The lowest BCUT2D eigenvalue weighted by atomic mass is 10.1. The summed E-state index contributed by atoms with van der Waals surface area (Å²) in [4.78, 5) is 30.7. The molecular formula is C17H19N3O3. The topological polar surface area (TPSA) is 92.2 Å². The van der Waals surface area contributed by atoms with Crippen LogP contribution in [-0.2, 0) is 9.59 Å². The quantitative estimate of drug-likeness (QED) is 0.766. The van der Waals surface area contributed by atoms with E-state index in [0.29, 0.717) is 30.8 Å². The fourth-order valence-corrected chi connectivity index (χ4v) is 2.16. The predicted octanol–water partition coefficient (Wildman–Crippen LogP) is 3.04. The maximum atomic E-state index is 11.9. The van der Waals surface area contributed by atoms with Gasteiger partial charge in [0.25, 0.3) is 0 Å². The largest absolute Gasteiger partial charge is 0.481 e. The molecule has 2 aromatic rings. The van der Waals surface area contributed by atoms with Crippen molar-refractivity contribution in [1.29, 1.82) is 0 Å². The molecule has 1 amide bonds. The Hall–Kier alpha value is -2.76. The first-order valence-electron chi connectivity index (χ1n) is 7.46. The summed E-state index contributed by atoms with van der Waals surface area (Å²) in [5.41, 5.74) is 2.40. The molecular weight excluding hydrogens is 294 g/mol. The minimum Gasteiger partial charge on any atom is -0.481 e. The summed E-state index contributed by atoms with van der Waals surface area (Å²) in [6, 6.07) is 9.26. The molecule has 6 heteroatoms. The average Bonchev–Trinajstić information content (AvgIpc) is 2.52.